The summed E-state index contributed by atoms with van der Waals surface area (Å²) in [5.74, 6) is -1.41. The number of nitrogens with one attached hydrogen (secondary N) is 2. The first-order valence-corrected chi connectivity index (χ1v) is 6.55. The van der Waals surface area contributed by atoms with Crippen LogP contribution < -0.4 is 10.6 Å². The molecule has 0 aliphatic rings. The van der Waals surface area contributed by atoms with Gasteiger partial charge in [0.25, 0.3) is 0 Å². The molecule has 0 aliphatic heterocycles. The van der Waals surface area contributed by atoms with E-state index >= 15 is 0 Å². The van der Waals surface area contributed by atoms with Crippen LogP contribution in [0.1, 0.15) is 25.5 Å². The molecule has 2 rings (SSSR count). The number of carbonyl (C=O) groups is 1. The van der Waals surface area contributed by atoms with Crippen molar-refractivity contribution < 1.29 is 13.6 Å². The van der Waals surface area contributed by atoms with Crippen LogP contribution in [0.25, 0.3) is 0 Å². The number of anilines is 2. The monoisotopic (exact) mass is 290 g/mol. The van der Waals surface area contributed by atoms with Crippen LogP contribution >= 0.6 is 0 Å². The molecule has 21 heavy (non-hydrogen) atoms. The van der Waals surface area contributed by atoms with Gasteiger partial charge in [0.05, 0.1) is 5.69 Å². The van der Waals surface area contributed by atoms with E-state index in [1.54, 1.807) is 18.2 Å². The van der Waals surface area contributed by atoms with Gasteiger partial charge in [-0.25, -0.2) is 8.78 Å². The summed E-state index contributed by atoms with van der Waals surface area (Å²) in [5.41, 5.74) is 1.78. The molecule has 2 aromatic rings. The average molecular weight is 290 g/mol. The molecule has 1 atom stereocenters. The van der Waals surface area contributed by atoms with Crippen molar-refractivity contribution in [3.8, 4) is 0 Å². The zero-order chi connectivity index (χ0) is 15.4. The minimum atomic E-state index is -0.639. The van der Waals surface area contributed by atoms with Crippen molar-refractivity contribution in [3.63, 3.8) is 0 Å². The van der Waals surface area contributed by atoms with Crippen LogP contribution in [-0.4, -0.2) is 5.91 Å². The molecule has 0 aliphatic carbocycles. The van der Waals surface area contributed by atoms with E-state index in [4.69, 9.17) is 0 Å². The first-order valence-electron chi connectivity index (χ1n) is 6.55. The van der Waals surface area contributed by atoms with Gasteiger partial charge in [0.2, 0.25) is 5.91 Å². The maximum atomic E-state index is 13.6. The fraction of sp³-hybridized carbons (Fsp3) is 0.188. The van der Waals surface area contributed by atoms with Crippen LogP contribution in [0.15, 0.2) is 42.5 Å². The van der Waals surface area contributed by atoms with Crippen molar-refractivity contribution in [1.82, 2.24) is 0 Å². The van der Waals surface area contributed by atoms with Crippen molar-refractivity contribution in [1.29, 1.82) is 0 Å². The summed E-state index contributed by atoms with van der Waals surface area (Å²) in [5, 5.41) is 5.67. The van der Waals surface area contributed by atoms with Crippen LogP contribution in [0.3, 0.4) is 0 Å². The first-order chi connectivity index (χ1) is 9.95. The molecule has 0 aromatic heterocycles. The molecular weight excluding hydrogens is 274 g/mol. The Morgan fingerprint density at radius 1 is 1.14 bits per heavy atom. The molecule has 0 radical (unpaired) electrons. The van der Waals surface area contributed by atoms with Crippen LogP contribution in [0.4, 0.5) is 20.2 Å². The normalized spacial score (nSPS) is 11.8. The molecule has 1 amide bonds. The highest BCUT2D eigenvalue weighted by molar-refractivity contribution is 5.88. The number of hydrogen-bond donors (Lipinski definition) is 2. The highest BCUT2D eigenvalue weighted by Crippen LogP contribution is 2.24. The van der Waals surface area contributed by atoms with Gasteiger partial charge in [-0.3, -0.25) is 4.79 Å². The maximum Gasteiger partial charge on any atom is 0.221 e. The zero-order valence-electron chi connectivity index (χ0n) is 11.8. The van der Waals surface area contributed by atoms with Crippen LogP contribution in [0.5, 0.6) is 0 Å². The second kappa shape index (κ2) is 6.35. The molecule has 110 valence electrons. The number of benzene rings is 2. The van der Waals surface area contributed by atoms with Crippen molar-refractivity contribution in [2.75, 3.05) is 10.6 Å². The molecule has 0 spiro atoms. The smallest absolute Gasteiger partial charge is 0.221 e. The number of halogens is 2. The van der Waals surface area contributed by atoms with Crippen LogP contribution in [0.2, 0.25) is 0 Å². The van der Waals surface area contributed by atoms with E-state index in [2.05, 4.69) is 10.6 Å². The van der Waals surface area contributed by atoms with Crippen molar-refractivity contribution >= 4 is 17.3 Å². The number of hydrogen-bond acceptors (Lipinski definition) is 2. The van der Waals surface area contributed by atoms with E-state index in [0.717, 1.165) is 11.6 Å². The molecule has 0 fully saturated rings. The highest BCUT2D eigenvalue weighted by atomic mass is 19.1. The quantitative estimate of drug-likeness (QED) is 0.890. The Morgan fingerprint density at radius 3 is 2.57 bits per heavy atom. The Kier molecular flexibility index (Phi) is 4.52. The lowest BCUT2D eigenvalue weighted by molar-refractivity contribution is -0.114. The molecule has 0 saturated heterocycles. The summed E-state index contributed by atoms with van der Waals surface area (Å²) in [4.78, 5) is 11.1. The molecule has 0 saturated carbocycles. The summed E-state index contributed by atoms with van der Waals surface area (Å²) in [6, 6.07) is 10.5. The van der Waals surface area contributed by atoms with Crippen LogP contribution in [0, 0.1) is 11.6 Å². The van der Waals surface area contributed by atoms with Crippen molar-refractivity contribution in [3.05, 3.63) is 59.7 Å². The van der Waals surface area contributed by atoms with Crippen LogP contribution in [-0.2, 0) is 4.79 Å². The van der Waals surface area contributed by atoms with Gasteiger partial charge >= 0.3 is 0 Å². The van der Waals surface area contributed by atoms with E-state index < -0.39 is 11.6 Å². The molecule has 2 aromatic carbocycles. The average Bonchev–Trinajstić information content (AvgIpc) is 2.41. The predicted molar refractivity (Wildman–Crippen MR) is 79.1 cm³/mol. The molecule has 5 heteroatoms. The van der Waals surface area contributed by atoms with Gasteiger partial charge < -0.3 is 10.6 Å². The third-order valence-electron chi connectivity index (χ3n) is 3.01. The van der Waals surface area contributed by atoms with Gasteiger partial charge in [-0.2, -0.15) is 0 Å². The molecule has 1 unspecified atom stereocenters. The predicted octanol–water partition coefficient (Wildman–Crippen LogP) is 4.10. The van der Waals surface area contributed by atoms with Gasteiger partial charge in [-0.1, -0.05) is 12.1 Å². The third-order valence-corrected chi connectivity index (χ3v) is 3.01. The standard InChI is InChI=1S/C16H16F2N2O/c1-10(19-16-7-6-13(17)9-15(16)18)12-4-3-5-14(8-12)20-11(2)21/h3-10,19H,1-2H3,(H,20,21). The van der Waals surface area contributed by atoms with Gasteiger partial charge in [-0.15, -0.1) is 0 Å². The second-order valence-electron chi connectivity index (χ2n) is 4.80. The lowest BCUT2D eigenvalue weighted by Crippen LogP contribution is -2.10. The summed E-state index contributed by atoms with van der Waals surface area (Å²) in [7, 11) is 0. The van der Waals surface area contributed by atoms with Crippen molar-refractivity contribution in [2.24, 2.45) is 0 Å². The summed E-state index contributed by atoms with van der Waals surface area (Å²) in [6.45, 7) is 3.29. The molecule has 0 heterocycles. The number of rotatable bonds is 4. The zero-order valence-corrected chi connectivity index (χ0v) is 11.8. The second-order valence-corrected chi connectivity index (χ2v) is 4.80. The molecule has 3 nitrogen and oxygen atoms in total. The Labute approximate surface area is 122 Å². The van der Waals surface area contributed by atoms with Gasteiger partial charge in [-0.05, 0) is 36.8 Å². The third kappa shape index (κ3) is 4.02. The lowest BCUT2D eigenvalue weighted by atomic mass is 10.1. The molecular formula is C16H16F2N2O. The summed E-state index contributed by atoms with van der Waals surface area (Å²) < 4.78 is 26.5. The highest BCUT2D eigenvalue weighted by Gasteiger charge is 2.10. The minimum absolute atomic E-state index is 0.155. The minimum Gasteiger partial charge on any atom is -0.376 e. The molecule has 0 bridgehead atoms. The Morgan fingerprint density at radius 2 is 1.90 bits per heavy atom. The Balaban J connectivity index is 2.16. The van der Waals surface area contributed by atoms with Gasteiger partial charge in [0, 0.05) is 24.7 Å². The summed E-state index contributed by atoms with van der Waals surface area (Å²) >= 11 is 0. The van der Waals surface area contributed by atoms with E-state index in [1.807, 2.05) is 13.0 Å². The van der Waals surface area contributed by atoms with E-state index in [9.17, 15) is 13.6 Å². The molecule has 2 N–H and O–H groups in total. The largest absolute Gasteiger partial charge is 0.376 e. The van der Waals surface area contributed by atoms with Gasteiger partial charge in [0.15, 0.2) is 0 Å². The Bertz CT molecular complexity index is 658. The SMILES string of the molecule is CC(=O)Nc1cccc(C(C)Nc2ccc(F)cc2F)c1. The number of amides is 1. The Hall–Kier alpha value is -2.43. The van der Waals surface area contributed by atoms with E-state index in [-0.39, 0.29) is 17.6 Å². The lowest BCUT2D eigenvalue weighted by Gasteiger charge is -2.17. The maximum absolute atomic E-state index is 13.6. The van der Waals surface area contributed by atoms with E-state index in [0.29, 0.717) is 5.69 Å². The van der Waals surface area contributed by atoms with Gasteiger partial charge in [0.1, 0.15) is 11.6 Å². The fourth-order valence-electron chi connectivity index (χ4n) is 2.01. The van der Waals surface area contributed by atoms with Crippen molar-refractivity contribution in [2.45, 2.75) is 19.9 Å². The number of carbonyl (C=O) groups excluding carboxylic acids is 1. The first kappa shape index (κ1) is 15.0. The summed E-state index contributed by atoms with van der Waals surface area (Å²) in [6.07, 6.45) is 0. The fourth-order valence-corrected chi connectivity index (χ4v) is 2.01. The van der Waals surface area contributed by atoms with E-state index in [1.165, 1.54) is 19.1 Å². The topological polar surface area (TPSA) is 41.1 Å².